The summed E-state index contributed by atoms with van der Waals surface area (Å²) >= 11 is 0. The van der Waals surface area contributed by atoms with E-state index in [9.17, 15) is 9.59 Å². The number of aromatic amines is 1. The maximum absolute atomic E-state index is 11.8. The maximum Gasteiger partial charge on any atom is 0.343 e. The number of carbonyl (C=O) groups excluding carboxylic acids is 1. The van der Waals surface area contributed by atoms with E-state index < -0.39 is 11.5 Å². The van der Waals surface area contributed by atoms with Gasteiger partial charge in [0.15, 0.2) is 0 Å². The van der Waals surface area contributed by atoms with Crippen LogP contribution in [-0.4, -0.2) is 23.0 Å². The number of rotatable bonds is 2. The molecule has 1 N–H and O–H groups in total. The second-order valence-electron chi connectivity index (χ2n) is 4.55. The summed E-state index contributed by atoms with van der Waals surface area (Å²) in [6, 6.07) is 10.9. The van der Waals surface area contributed by atoms with E-state index in [1.807, 2.05) is 24.3 Å². The molecule has 0 aliphatic carbocycles. The predicted octanol–water partition coefficient (Wildman–Crippen LogP) is 2.38. The van der Waals surface area contributed by atoms with Crippen LogP contribution in [0.5, 0.6) is 0 Å². The molecule has 5 nitrogen and oxygen atoms in total. The zero-order valence-electron chi connectivity index (χ0n) is 11.3. The van der Waals surface area contributed by atoms with Gasteiger partial charge in [-0.3, -0.25) is 9.78 Å². The number of ether oxygens (including phenoxy) is 1. The summed E-state index contributed by atoms with van der Waals surface area (Å²) in [7, 11) is 1.25. The summed E-state index contributed by atoms with van der Waals surface area (Å²) in [4.78, 5) is 30.2. The van der Waals surface area contributed by atoms with Gasteiger partial charge >= 0.3 is 5.97 Å². The van der Waals surface area contributed by atoms with Crippen molar-refractivity contribution in [2.45, 2.75) is 0 Å². The molecule has 0 aliphatic rings. The molecule has 3 aromatic rings. The fraction of sp³-hybridized carbons (Fsp3) is 0.0625. The molecule has 0 spiro atoms. The van der Waals surface area contributed by atoms with Crippen molar-refractivity contribution < 1.29 is 9.53 Å². The standard InChI is InChI=1S/C16H12N2O3/c1-21-16(20)13-8-12-7-10(11-3-2-6-17-9-11)4-5-14(12)18-15(13)19/h2-9H,1H3,(H,18,19). The highest BCUT2D eigenvalue weighted by atomic mass is 16.5. The van der Waals surface area contributed by atoms with Crippen molar-refractivity contribution in [2.75, 3.05) is 7.11 Å². The molecule has 2 aromatic heterocycles. The molecule has 3 rings (SSSR count). The monoisotopic (exact) mass is 280 g/mol. The van der Waals surface area contributed by atoms with Crippen LogP contribution in [0, 0.1) is 0 Å². The minimum absolute atomic E-state index is 0.00617. The molecule has 0 atom stereocenters. The molecule has 2 heterocycles. The third-order valence-electron chi connectivity index (χ3n) is 3.24. The Morgan fingerprint density at radius 1 is 1.19 bits per heavy atom. The van der Waals surface area contributed by atoms with Gasteiger partial charge in [-0.05, 0) is 35.2 Å². The Morgan fingerprint density at radius 3 is 2.76 bits per heavy atom. The number of hydrogen-bond acceptors (Lipinski definition) is 4. The van der Waals surface area contributed by atoms with Gasteiger partial charge in [-0.15, -0.1) is 0 Å². The van der Waals surface area contributed by atoms with Gasteiger partial charge in [0.25, 0.3) is 5.56 Å². The molecule has 0 fully saturated rings. The largest absolute Gasteiger partial charge is 0.465 e. The molecule has 0 saturated heterocycles. The number of nitrogens with one attached hydrogen (secondary N) is 1. The SMILES string of the molecule is COC(=O)c1cc2cc(-c3cccnc3)ccc2[nH]c1=O. The molecule has 21 heavy (non-hydrogen) atoms. The van der Waals surface area contributed by atoms with Crippen molar-refractivity contribution in [1.29, 1.82) is 0 Å². The maximum atomic E-state index is 11.8. The highest BCUT2D eigenvalue weighted by molar-refractivity contribution is 5.94. The smallest absolute Gasteiger partial charge is 0.343 e. The topological polar surface area (TPSA) is 72.0 Å². The Balaban J connectivity index is 2.19. The van der Waals surface area contributed by atoms with E-state index in [2.05, 4.69) is 14.7 Å². The van der Waals surface area contributed by atoms with Crippen LogP contribution in [0.3, 0.4) is 0 Å². The fourth-order valence-electron chi connectivity index (χ4n) is 2.18. The Morgan fingerprint density at radius 2 is 2.05 bits per heavy atom. The number of fused-ring (bicyclic) bond motifs is 1. The van der Waals surface area contributed by atoms with Crippen LogP contribution >= 0.6 is 0 Å². The van der Waals surface area contributed by atoms with Crippen molar-refractivity contribution >= 4 is 16.9 Å². The van der Waals surface area contributed by atoms with Gasteiger partial charge in [0.1, 0.15) is 5.56 Å². The quantitative estimate of drug-likeness (QED) is 0.731. The van der Waals surface area contributed by atoms with Crippen LogP contribution in [0.15, 0.2) is 53.6 Å². The van der Waals surface area contributed by atoms with E-state index in [4.69, 9.17) is 0 Å². The van der Waals surface area contributed by atoms with Crippen LogP contribution in [0.25, 0.3) is 22.0 Å². The molecule has 104 valence electrons. The number of H-pyrrole nitrogens is 1. The lowest BCUT2D eigenvalue weighted by atomic mass is 10.0. The van der Waals surface area contributed by atoms with E-state index in [0.717, 1.165) is 16.5 Å². The van der Waals surface area contributed by atoms with Crippen molar-refractivity contribution in [2.24, 2.45) is 0 Å². The van der Waals surface area contributed by atoms with E-state index >= 15 is 0 Å². The first-order valence-electron chi connectivity index (χ1n) is 6.35. The summed E-state index contributed by atoms with van der Waals surface area (Å²) in [6.07, 6.45) is 3.46. The number of pyridine rings is 2. The Bertz CT molecular complexity index is 870. The minimum Gasteiger partial charge on any atom is -0.465 e. The van der Waals surface area contributed by atoms with Crippen LogP contribution in [-0.2, 0) is 4.74 Å². The zero-order chi connectivity index (χ0) is 14.8. The van der Waals surface area contributed by atoms with E-state index in [1.54, 1.807) is 24.5 Å². The average molecular weight is 280 g/mol. The zero-order valence-corrected chi connectivity index (χ0v) is 11.3. The van der Waals surface area contributed by atoms with Gasteiger partial charge in [-0.25, -0.2) is 4.79 Å². The lowest BCUT2D eigenvalue weighted by molar-refractivity contribution is 0.0599. The number of hydrogen-bond donors (Lipinski definition) is 1. The van der Waals surface area contributed by atoms with Crippen LogP contribution < -0.4 is 5.56 Å². The molecular formula is C16H12N2O3. The number of aromatic nitrogens is 2. The summed E-state index contributed by atoms with van der Waals surface area (Å²) in [6.45, 7) is 0. The molecule has 0 amide bonds. The average Bonchev–Trinajstić information content (AvgIpc) is 2.54. The third-order valence-corrected chi connectivity index (χ3v) is 3.24. The van der Waals surface area contributed by atoms with Crippen LogP contribution in [0.2, 0.25) is 0 Å². The molecule has 1 aromatic carbocycles. The van der Waals surface area contributed by atoms with Crippen LogP contribution in [0.1, 0.15) is 10.4 Å². The number of esters is 1. The Kier molecular flexibility index (Phi) is 3.23. The molecule has 0 bridgehead atoms. The lowest BCUT2D eigenvalue weighted by Crippen LogP contribution is -2.18. The highest BCUT2D eigenvalue weighted by Crippen LogP contribution is 2.22. The summed E-state index contributed by atoms with van der Waals surface area (Å²) in [5.41, 5.74) is 2.13. The molecular weight excluding hydrogens is 268 g/mol. The van der Waals surface area contributed by atoms with Gasteiger partial charge < -0.3 is 9.72 Å². The first-order chi connectivity index (χ1) is 10.2. The summed E-state index contributed by atoms with van der Waals surface area (Å²) in [5, 5.41) is 0.761. The van der Waals surface area contributed by atoms with Gasteiger partial charge in [0.2, 0.25) is 0 Å². The first-order valence-corrected chi connectivity index (χ1v) is 6.35. The first kappa shape index (κ1) is 13.1. The predicted molar refractivity (Wildman–Crippen MR) is 79.1 cm³/mol. The van der Waals surface area contributed by atoms with Gasteiger partial charge in [-0.2, -0.15) is 0 Å². The second kappa shape index (κ2) is 5.20. The van der Waals surface area contributed by atoms with Crippen molar-refractivity contribution in [3.8, 4) is 11.1 Å². The lowest BCUT2D eigenvalue weighted by Gasteiger charge is -2.05. The third kappa shape index (κ3) is 2.41. The van der Waals surface area contributed by atoms with Gasteiger partial charge in [-0.1, -0.05) is 12.1 Å². The number of nitrogens with zero attached hydrogens (tertiary/aromatic N) is 1. The number of benzene rings is 1. The van der Waals surface area contributed by atoms with E-state index in [0.29, 0.717) is 5.52 Å². The van der Waals surface area contributed by atoms with Crippen molar-refractivity contribution in [3.63, 3.8) is 0 Å². The van der Waals surface area contributed by atoms with E-state index in [1.165, 1.54) is 7.11 Å². The Hall–Kier alpha value is -2.95. The molecule has 5 heteroatoms. The fourth-order valence-corrected chi connectivity index (χ4v) is 2.18. The van der Waals surface area contributed by atoms with Crippen LogP contribution in [0.4, 0.5) is 0 Å². The minimum atomic E-state index is -0.648. The van der Waals surface area contributed by atoms with Gasteiger partial charge in [0, 0.05) is 23.5 Å². The second-order valence-corrected chi connectivity index (χ2v) is 4.55. The number of methoxy groups -OCH3 is 1. The highest BCUT2D eigenvalue weighted by Gasteiger charge is 2.12. The van der Waals surface area contributed by atoms with Crippen molar-refractivity contribution in [3.05, 3.63) is 64.7 Å². The summed E-state index contributed by atoms with van der Waals surface area (Å²) in [5.74, 6) is -0.648. The Labute approximate surface area is 120 Å². The van der Waals surface area contributed by atoms with E-state index in [-0.39, 0.29) is 5.56 Å². The van der Waals surface area contributed by atoms with Crippen molar-refractivity contribution in [1.82, 2.24) is 9.97 Å². The molecule has 0 aliphatic heterocycles. The normalized spacial score (nSPS) is 10.5. The molecule has 0 radical (unpaired) electrons. The molecule has 0 unspecified atom stereocenters. The van der Waals surface area contributed by atoms with Gasteiger partial charge in [0.05, 0.1) is 7.11 Å². The molecule has 0 saturated carbocycles. The summed E-state index contributed by atoms with van der Waals surface area (Å²) < 4.78 is 4.61. The number of carbonyl (C=O) groups is 1.